The highest BCUT2D eigenvalue weighted by Gasteiger charge is 2.36. The summed E-state index contributed by atoms with van der Waals surface area (Å²) in [6.07, 6.45) is 4.96. The van der Waals surface area contributed by atoms with Crippen molar-refractivity contribution in [2.45, 2.75) is 25.0 Å². The minimum atomic E-state index is -1.49. The maximum Gasteiger partial charge on any atom is 0.334 e. The number of fused-ring (bicyclic) bond motifs is 1. The van der Waals surface area contributed by atoms with Gasteiger partial charge in [0.25, 0.3) is 0 Å². The van der Waals surface area contributed by atoms with E-state index in [0.29, 0.717) is 34.3 Å². The maximum absolute atomic E-state index is 11.3. The third kappa shape index (κ3) is 3.12. The molecule has 4 rings (SSSR count). The normalized spacial score (nSPS) is 18.2. The number of rotatable bonds is 4. The average molecular weight is 407 g/mol. The quantitative estimate of drug-likeness (QED) is 0.691. The van der Waals surface area contributed by atoms with Gasteiger partial charge in [-0.3, -0.25) is 0 Å². The Hall–Kier alpha value is -2.35. The standard InChI is InChI=1S/C18H16Cl2N4O3/c19-11-4-3-10-13(23-7-5-21-9-23)8-14(22-16(10)15(11)20)24-6-1-2-12(24)17(25)18(26)27/h3-5,7-9,12,17,25H,1-2,6H2,(H,26,27)/t12-,17?/m0/s1. The number of carbonyl (C=O) groups is 1. The number of hydrogen-bond acceptors (Lipinski definition) is 5. The summed E-state index contributed by atoms with van der Waals surface area (Å²) in [5, 5.41) is 20.8. The van der Waals surface area contributed by atoms with Gasteiger partial charge < -0.3 is 19.7 Å². The molecule has 2 N–H and O–H groups in total. The second-order valence-electron chi connectivity index (χ2n) is 6.41. The molecule has 140 valence electrons. The van der Waals surface area contributed by atoms with Crippen LogP contribution in [0.25, 0.3) is 16.6 Å². The average Bonchev–Trinajstić information content (AvgIpc) is 3.35. The van der Waals surface area contributed by atoms with E-state index in [1.165, 1.54) is 0 Å². The molecular formula is C18H16Cl2N4O3. The van der Waals surface area contributed by atoms with Gasteiger partial charge in [-0.1, -0.05) is 23.2 Å². The molecule has 1 saturated heterocycles. The van der Waals surface area contributed by atoms with Crippen LogP contribution in [0, 0.1) is 0 Å². The lowest BCUT2D eigenvalue weighted by Gasteiger charge is -2.28. The SMILES string of the molecule is O=C(O)C(O)[C@@H]1CCCN1c1cc(-n2ccnc2)c2ccc(Cl)c(Cl)c2n1. The predicted octanol–water partition coefficient (Wildman–Crippen LogP) is 3.14. The first-order valence-electron chi connectivity index (χ1n) is 8.42. The molecule has 0 bridgehead atoms. The Balaban J connectivity index is 1.91. The van der Waals surface area contributed by atoms with Crippen molar-refractivity contribution in [1.82, 2.24) is 14.5 Å². The van der Waals surface area contributed by atoms with E-state index in [9.17, 15) is 15.0 Å². The molecule has 1 fully saturated rings. The highest BCUT2D eigenvalue weighted by Crippen LogP contribution is 2.36. The molecule has 7 nitrogen and oxygen atoms in total. The van der Waals surface area contributed by atoms with Gasteiger partial charge in [0.15, 0.2) is 6.10 Å². The molecule has 0 aliphatic carbocycles. The molecule has 1 unspecified atom stereocenters. The number of imidazole rings is 1. The third-order valence-electron chi connectivity index (χ3n) is 4.83. The van der Waals surface area contributed by atoms with Crippen molar-refractivity contribution in [3.05, 3.63) is 47.0 Å². The lowest BCUT2D eigenvalue weighted by molar-refractivity contribution is -0.147. The van der Waals surface area contributed by atoms with Crippen LogP contribution in [0.5, 0.6) is 0 Å². The number of anilines is 1. The van der Waals surface area contributed by atoms with E-state index in [-0.39, 0.29) is 0 Å². The molecule has 1 aliphatic rings. The van der Waals surface area contributed by atoms with Gasteiger partial charge in [-0.25, -0.2) is 14.8 Å². The van der Waals surface area contributed by atoms with Gasteiger partial charge >= 0.3 is 5.97 Å². The molecule has 0 saturated carbocycles. The fourth-order valence-corrected chi connectivity index (χ4v) is 3.89. The molecule has 2 atom stereocenters. The Kier molecular flexibility index (Phi) is 4.67. The lowest BCUT2D eigenvalue weighted by Crippen LogP contribution is -2.43. The number of aliphatic hydroxyl groups excluding tert-OH is 1. The molecule has 2 aromatic heterocycles. The highest BCUT2D eigenvalue weighted by atomic mass is 35.5. The smallest absolute Gasteiger partial charge is 0.334 e. The molecule has 0 radical (unpaired) electrons. The van der Waals surface area contributed by atoms with E-state index in [1.54, 1.807) is 24.8 Å². The van der Waals surface area contributed by atoms with E-state index in [4.69, 9.17) is 23.2 Å². The number of hydrogen-bond donors (Lipinski definition) is 2. The first-order valence-corrected chi connectivity index (χ1v) is 9.17. The van der Waals surface area contributed by atoms with Crippen molar-refractivity contribution < 1.29 is 15.0 Å². The van der Waals surface area contributed by atoms with Gasteiger partial charge in [0.1, 0.15) is 5.82 Å². The zero-order chi connectivity index (χ0) is 19.1. The number of aliphatic carboxylic acids is 1. The summed E-state index contributed by atoms with van der Waals surface area (Å²) in [4.78, 5) is 21.8. The number of halogens is 2. The molecular weight excluding hydrogens is 391 g/mol. The molecule has 27 heavy (non-hydrogen) atoms. The Morgan fingerprint density at radius 3 is 2.85 bits per heavy atom. The van der Waals surface area contributed by atoms with Crippen molar-refractivity contribution in [1.29, 1.82) is 0 Å². The van der Waals surface area contributed by atoms with Crippen LogP contribution in [0.2, 0.25) is 10.0 Å². The molecule has 3 aromatic rings. The predicted molar refractivity (Wildman–Crippen MR) is 103 cm³/mol. The molecule has 0 spiro atoms. The molecule has 0 amide bonds. The molecule has 1 aliphatic heterocycles. The number of carboxylic acids is 1. The summed E-state index contributed by atoms with van der Waals surface area (Å²) in [5.74, 6) is -0.707. The second-order valence-corrected chi connectivity index (χ2v) is 7.20. The summed E-state index contributed by atoms with van der Waals surface area (Å²) in [7, 11) is 0. The zero-order valence-electron chi connectivity index (χ0n) is 14.1. The van der Waals surface area contributed by atoms with Crippen molar-refractivity contribution >= 4 is 45.9 Å². The van der Waals surface area contributed by atoms with Crippen molar-refractivity contribution in [2.24, 2.45) is 0 Å². The summed E-state index contributed by atoms with van der Waals surface area (Å²) in [5.41, 5.74) is 1.31. The third-order valence-corrected chi connectivity index (χ3v) is 5.63. The summed E-state index contributed by atoms with van der Waals surface area (Å²) in [6, 6.07) is 4.84. The largest absolute Gasteiger partial charge is 0.479 e. The Morgan fingerprint density at radius 2 is 2.15 bits per heavy atom. The van der Waals surface area contributed by atoms with Gasteiger partial charge in [-0.15, -0.1) is 0 Å². The number of aliphatic hydroxyl groups is 1. The Bertz CT molecular complexity index is 1010. The fraction of sp³-hybridized carbons (Fsp3) is 0.278. The van der Waals surface area contributed by atoms with Crippen LogP contribution >= 0.6 is 23.2 Å². The summed E-state index contributed by atoms with van der Waals surface area (Å²) < 4.78 is 1.83. The number of aromatic nitrogens is 3. The fourth-order valence-electron chi connectivity index (χ4n) is 3.53. The van der Waals surface area contributed by atoms with Gasteiger partial charge in [0, 0.05) is 30.4 Å². The lowest BCUT2D eigenvalue weighted by atomic mass is 10.1. The van der Waals surface area contributed by atoms with Gasteiger partial charge in [-0.2, -0.15) is 0 Å². The van der Waals surface area contributed by atoms with Crippen LogP contribution in [0.1, 0.15) is 12.8 Å². The van der Waals surface area contributed by atoms with E-state index < -0.39 is 18.1 Å². The van der Waals surface area contributed by atoms with Crippen molar-refractivity contribution in [3.8, 4) is 5.69 Å². The Labute approximate surface area is 164 Å². The number of benzene rings is 1. The molecule has 3 heterocycles. The van der Waals surface area contributed by atoms with Crippen LogP contribution < -0.4 is 4.90 Å². The molecule has 9 heteroatoms. The monoisotopic (exact) mass is 406 g/mol. The number of carboxylic acid groups (broad SMARTS) is 1. The number of pyridine rings is 1. The van der Waals surface area contributed by atoms with E-state index >= 15 is 0 Å². The summed E-state index contributed by atoms with van der Waals surface area (Å²) >= 11 is 12.6. The number of nitrogens with zero attached hydrogens (tertiary/aromatic N) is 4. The second kappa shape index (κ2) is 6.99. The van der Waals surface area contributed by atoms with E-state index in [0.717, 1.165) is 17.5 Å². The van der Waals surface area contributed by atoms with Crippen LogP contribution in [0.3, 0.4) is 0 Å². The van der Waals surface area contributed by atoms with E-state index in [2.05, 4.69) is 9.97 Å². The van der Waals surface area contributed by atoms with Crippen molar-refractivity contribution in [2.75, 3.05) is 11.4 Å². The topological polar surface area (TPSA) is 91.5 Å². The zero-order valence-corrected chi connectivity index (χ0v) is 15.6. The van der Waals surface area contributed by atoms with Gasteiger partial charge in [0.05, 0.1) is 33.6 Å². The first kappa shape index (κ1) is 18.0. The highest BCUT2D eigenvalue weighted by molar-refractivity contribution is 6.45. The van der Waals surface area contributed by atoms with Crippen LogP contribution in [0.4, 0.5) is 5.82 Å². The first-order chi connectivity index (χ1) is 13.0. The van der Waals surface area contributed by atoms with Crippen LogP contribution in [-0.4, -0.2) is 49.4 Å². The minimum absolute atomic E-state index is 0.326. The maximum atomic E-state index is 11.3. The minimum Gasteiger partial charge on any atom is -0.479 e. The van der Waals surface area contributed by atoms with Crippen LogP contribution in [0.15, 0.2) is 36.9 Å². The molecule has 1 aromatic carbocycles. The van der Waals surface area contributed by atoms with Gasteiger partial charge in [0.2, 0.25) is 0 Å². The van der Waals surface area contributed by atoms with E-state index in [1.807, 2.05) is 21.6 Å². The summed E-state index contributed by atoms with van der Waals surface area (Å²) in [6.45, 7) is 0.592. The van der Waals surface area contributed by atoms with Crippen LogP contribution in [-0.2, 0) is 4.79 Å². The Morgan fingerprint density at radius 1 is 1.33 bits per heavy atom. The van der Waals surface area contributed by atoms with Gasteiger partial charge in [-0.05, 0) is 25.0 Å². The van der Waals surface area contributed by atoms with Crippen molar-refractivity contribution in [3.63, 3.8) is 0 Å².